The van der Waals surface area contributed by atoms with E-state index in [0.29, 0.717) is 28.1 Å². The second-order valence-electron chi connectivity index (χ2n) is 4.77. The number of carbonyl (C=O) groups is 1. The van der Waals surface area contributed by atoms with E-state index in [1.54, 1.807) is 18.2 Å². The summed E-state index contributed by atoms with van der Waals surface area (Å²) in [6.07, 6.45) is 0.962. The zero-order valence-electron chi connectivity index (χ0n) is 10.6. The molecular formula is C13H17Cl3N2O. The molecule has 2 rings (SSSR count). The Bertz CT molecular complexity index is 467. The highest BCUT2D eigenvalue weighted by Crippen LogP contribution is 2.27. The molecule has 106 valence electrons. The molecular weight excluding hydrogens is 307 g/mol. The van der Waals surface area contributed by atoms with Gasteiger partial charge < -0.3 is 10.6 Å². The molecule has 0 bridgehead atoms. The van der Waals surface area contributed by atoms with Gasteiger partial charge in [-0.1, -0.05) is 23.2 Å². The van der Waals surface area contributed by atoms with Crippen molar-refractivity contribution in [3.8, 4) is 0 Å². The summed E-state index contributed by atoms with van der Waals surface area (Å²) in [6.45, 7) is 3.39. The first-order valence-electron chi connectivity index (χ1n) is 5.99. The van der Waals surface area contributed by atoms with Gasteiger partial charge in [-0.05, 0) is 44.0 Å². The summed E-state index contributed by atoms with van der Waals surface area (Å²) in [5.74, 6) is 0.392. The third-order valence-electron chi connectivity index (χ3n) is 3.42. The third-order valence-corrected chi connectivity index (χ3v) is 4.16. The van der Waals surface area contributed by atoms with Crippen LogP contribution in [0.1, 0.15) is 23.7 Å². The summed E-state index contributed by atoms with van der Waals surface area (Å²) in [5, 5.41) is 0.868. The zero-order valence-corrected chi connectivity index (χ0v) is 12.9. The maximum atomic E-state index is 12.4. The molecule has 2 atom stereocenters. The fraction of sp³-hybridized carbons (Fsp3) is 0.462. The largest absolute Gasteiger partial charge is 0.336 e. The molecule has 1 saturated heterocycles. The monoisotopic (exact) mass is 322 g/mol. The molecule has 1 amide bonds. The lowest BCUT2D eigenvalue weighted by Gasteiger charge is -2.21. The van der Waals surface area contributed by atoms with Gasteiger partial charge in [-0.3, -0.25) is 4.79 Å². The van der Waals surface area contributed by atoms with Crippen molar-refractivity contribution in [1.29, 1.82) is 0 Å². The fourth-order valence-corrected chi connectivity index (χ4v) is 2.69. The quantitative estimate of drug-likeness (QED) is 0.908. The molecule has 0 aromatic heterocycles. The van der Waals surface area contributed by atoms with Crippen LogP contribution in [0.4, 0.5) is 0 Å². The third kappa shape index (κ3) is 3.54. The minimum Gasteiger partial charge on any atom is -0.336 e. The van der Waals surface area contributed by atoms with Gasteiger partial charge in [-0.15, -0.1) is 12.4 Å². The van der Waals surface area contributed by atoms with Crippen LogP contribution in [0.5, 0.6) is 0 Å². The van der Waals surface area contributed by atoms with Gasteiger partial charge in [-0.2, -0.15) is 0 Å². The topological polar surface area (TPSA) is 46.3 Å². The van der Waals surface area contributed by atoms with Gasteiger partial charge in [-0.25, -0.2) is 0 Å². The van der Waals surface area contributed by atoms with Crippen molar-refractivity contribution in [1.82, 2.24) is 4.90 Å². The van der Waals surface area contributed by atoms with E-state index < -0.39 is 0 Å². The van der Waals surface area contributed by atoms with Crippen LogP contribution in [0.2, 0.25) is 10.0 Å². The molecule has 1 aromatic carbocycles. The number of hydrogen-bond acceptors (Lipinski definition) is 2. The highest BCUT2D eigenvalue weighted by molar-refractivity contribution is 6.42. The van der Waals surface area contributed by atoms with E-state index in [1.807, 2.05) is 11.8 Å². The number of nitrogens with two attached hydrogens (primary N) is 1. The van der Waals surface area contributed by atoms with Crippen LogP contribution in [0.25, 0.3) is 0 Å². The van der Waals surface area contributed by atoms with Crippen LogP contribution < -0.4 is 5.73 Å². The Balaban J connectivity index is 0.00000180. The van der Waals surface area contributed by atoms with Crippen molar-refractivity contribution in [2.24, 2.45) is 11.7 Å². The molecule has 2 unspecified atom stereocenters. The minimum absolute atomic E-state index is 0. The van der Waals surface area contributed by atoms with Crippen molar-refractivity contribution in [3.05, 3.63) is 33.8 Å². The molecule has 1 heterocycles. The van der Waals surface area contributed by atoms with E-state index in [2.05, 4.69) is 0 Å². The Morgan fingerprint density at radius 2 is 2.11 bits per heavy atom. The summed E-state index contributed by atoms with van der Waals surface area (Å²) in [6, 6.07) is 5.20. The summed E-state index contributed by atoms with van der Waals surface area (Å²) >= 11 is 11.8. The van der Waals surface area contributed by atoms with E-state index in [-0.39, 0.29) is 24.4 Å². The Morgan fingerprint density at radius 3 is 2.63 bits per heavy atom. The molecule has 0 radical (unpaired) electrons. The summed E-state index contributed by atoms with van der Waals surface area (Å²) in [4.78, 5) is 14.2. The highest BCUT2D eigenvalue weighted by Gasteiger charge is 2.32. The highest BCUT2D eigenvalue weighted by atomic mass is 35.5. The minimum atomic E-state index is -0.00276. The van der Waals surface area contributed by atoms with Gasteiger partial charge >= 0.3 is 0 Å². The Hall–Kier alpha value is -0.480. The van der Waals surface area contributed by atoms with Gasteiger partial charge in [0.1, 0.15) is 0 Å². The van der Waals surface area contributed by atoms with Crippen molar-refractivity contribution >= 4 is 41.5 Å². The smallest absolute Gasteiger partial charge is 0.254 e. The molecule has 0 spiro atoms. The molecule has 19 heavy (non-hydrogen) atoms. The fourth-order valence-electron chi connectivity index (χ4n) is 2.39. The number of nitrogens with zero attached hydrogens (tertiary/aromatic N) is 1. The van der Waals surface area contributed by atoms with Crippen molar-refractivity contribution in [3.63, 3.8) is 0 Å². The average molecular weight is 324 g/mol. The van der Waals surface area contributed by atoms with E-state index in [9.17, 15) is 4.79 Å². The lowest BCUT2D eigenvalue weighted by Crippen LogP contribution is -2.34. The molecule has 2 N–H and O–H groups in total. The van der Waals surface area contributed by atoms with Crippen LogP contribution in [0.15, 0.2) is 18.2 Å². The van der Waals surface area contributed by atoms with Gasteiger partial charge in [0.2, 0.25) is 0 Å². The van der Waals surface area contributed by atoms with Crippen molar-refractivity contribution in [2.45, 2.75) is 19.4 Å². The first-order valence-corrected chi connectivity index (χ1v) is 6.74. The molecule has 1 aliphatic rings. The molecule has 1 fully saturated rings. The SMILES string of the molecule is CC1CC(CN)CN1C(=O)c1ccc(Cl)c(Cl)c1.Cl. The molecule has 3 nitrogen and oxygen atoms in total. The van der Waals surface area contributed by atoms with Gasteiger partial charge in [0, 0.05) is 18.2 Å². The number of likely N-dealkylation sites (tertiary alicyclic amines) is 1. The van der Waals surface area contributed by atoms with E-state index >= 15 is 0 Å². The number of halogens is 3. The number of hydrogen-bond donors (Lipinski definition) is 1. The predicted octanol–water partition coefficient (Wildman–Crippen LogP) is 3.22. The van der Waals surface area contributed by atoms with Crippen LogP contribution in [0, 0.1) is 5.92 Å². The lowest BCUT2D eigenvalue weighted by atomic mass is 10.1. The molecule has 1 aromatic rings. The first-order chi connectivity index (χ1) is 8.52. The van der Waals surface area contributed by atoms with Crippen LogP contribution in [-0.4, -0.2) is 29.9 Å². The van der Waals surface area contributed by atoms with Crippen molar-refractivity contribution in [2.75, 3.05) is 13.1 Å². The van der Waals surface area contributed by atoms with Crippen LogP contribution in [-0.2, 0) is 0 Å². The summed E-state index contributed by atoms with van der Waals surface area (Å²) < 4.78 is 0. The van der Waals surface area contributed by atoms with Gasteiger partial charge in [0.15, 0.2) is 0 Å². The molecule has 0 aliphatic carbocycles. The Kier molecular flexibility index (Phi) is 5.93. The second-order valence-corrected chi connectivity index (χ2v) is 5.59. The standard InChI is InChI=1S/C13H16Cl2N2O.ClH/c1-8-4-9(6-16)7-17(8)13(18)10-2-3-11(14)12(15)5-10;/h2-3,5,8-9H,4,6-7,16H2,1H3;1H. The van der Waals surface area contributed by atoms with Crippen molar-refractivity contribution < 1.29 is 4.79 Å². The summed E-state index contributed by atoms with van der Waals surface area (Å²) in [7, 11) is 0. The molecule has 1 aliphatic heterocycles. The maximum absolute atomic E-state index is 12.4. The predicted molar refractivity (Wildman–Crippen MR) is 81.4 cm³/mol. The lowest BCUT2D eigenvalue weighted by molar-refractivity contribution is 0.0743. The summed E-state index contributed by atoms with van der Waals surface area (Å²) in [5.41, 5.74) is 6.24. The van der Waals surface area contributed by atoms with Crippen LogP contribution >= 0.6 is 35.6 Å². The van der Waals surface area contributed by atoms with E-state index in [0.717, 1.165) is 13.0 Å². The Morgan fingerprint density at radius 1 is 1.42 bits per heavy atom. The second kappa shape index (κ2) is 6.80. The molecule has 6 heteroatoms. The number of rotatable bonds is 2. The van der Waals surface area contributed by atoms with E-state index in [1.165, 1.54) is 0 Å². The van der Waals surface area contributed by atoms with E-state index in [4.69, 9.17) is 28.9 Å². The van der Waals surface area contributed by atoms with Gasteiger partial charge in [0.05, 0.1) is 10.0 Å². The number of carbonyl (C=O) groups excluding carboxylic acids is 1. The number of benzene rings is 1. The zero-order chi connectivity index (χ0) is 13.3. The maximum Gasteiger partial charge on any atom is 0.254 e. The normalized spacial score (nSPS) is 22.2. The average Bonchev–Trinajstić information content (AvgIpc) is 2.73. The van der Waals surface area contributed by atoms with Crippen LogP contribution in [0.3, 0.4) is 0 Å². The Labute approximate surface area is 129 Å². The first kappa shape index (κ1) is 16.6. The number of amides is 1. The molecule has 0 saturated carbocycles. The van der Waals surface area contributed by atoms with Gasteiger partial charge in [0.25, 0.3) is 5.91 Å².